The Labute approximate surface area is 203 Å². The lowest BCUT2D eigenvalue weighted by Gasteiger charge is -2.41. The molecule has 3 fully saturated rings. The highest BCUT2D eigenvalue weighted by Gasteiger charge is 2.33. The third kappa shape index (κ3) is 4.63. The van der Waals surface area contributed by atoms with E-state index in [-0.39, 0.29) is 5.91 Å². The molecule has 2 atom stereocenters. The van der Waals surface area contributed by atoms with Crippen molar-refractivity contribution in [2.24, 2.45) is 11.8 Å². The second kappa shape index (κ2) is 9.97. The number of aromatic nitrogens is 2. The van der Waals surface area contributed by atoms with Crippen molar-refractivity contribution in [1.82, 2.24) is 18.8 Å². The Morgan fingerprint density at radius 2 is 1.79 bits per heavy atom. The molecule has 0 radical (unpaired) electrons. The molecule has 1 amide bonds. The fourth-order valence-electron chi connectivity index (χ4n) is 6.27. The molecular weight excluding hydrogens is 448 g/mol. The second-order valence-electron chi connectivity index (χ2n) is 10.4. The van der Waals surface area contributed by atoms with Crippen molar-refractivity contribution in [3.05, 3.63) is 24.0 Å². The van der Waals surface area contributed by atoms with E-state index in [1.165, 1.54) is 25.7 Å². The minimum atomic E-state index is -3.47. The van der Waals surface area contributed by atoms with Gasteiger partial charge in [0.1, 0.15) is 5.82 Å². The average Bonchev–Trinajstić information content (AvgIpc) is 3.51. The average molecular weight is 487 g/mol. The van der Waals surface area contributed by atoms with Crippen LogP contribution in [0.3, 0.4) is 0 Å². The zero-order valence-corrected chi connectivity index (χ0v) is 21.2. The van der Waals surface area contributed by atoms with Crippen LogP contribution in [0.4, 0.5) is 0 Å². The number of hydrogen-bond donors (Lipinski definition) is 0. The smallest absolute Gasteiger partial charge is 0.243 e. The third-order valence-corrected chi connectivity index (χ3v) is 10.0. The molecule has 186 valence electrons. The number of aryl methyl sites for hydroxylation is 2. The molecule has 2 saturated heterocycles. The van der Waals surface area contributed by atoms with Gasteiger partial charge in [-0.15, -0.1) is 0 Å². The molecule has 5 rings (SSSR count). The molecule has 3 aliphatic rings. The van der Waals surface area contributed by atoms with Gasteiger partial charge in [0.2, 0.25) is 15.9 Å². The summed E-state index contributed by atoms with van der Waals surface area (Å²) in [4.78, 5) is 20.3. The van der Waals surface area contributed by atoms with Gasteiger partial charge in [-0.25, -0.2) is 13.4 Å². The normalized spacial score (nSPS) is 24.0. The van der Waals surface area contributed by atoms with Crippen LogP contribution >= 0.6 is 0 Å². The molecule has 1 aromatic carbocycles. The van der Waals surface area contributed by atoms with Gasteiger partial charge in [-0.1, -0.05) is 26.2 Å². The Kier molecular flexibility index (Phi) is 6.98. The number of hydrogen-bond acceptors (Lipinski definition) is 4. The summed E-state index contributed by atoms with van der Waals surface area (Å²) in [7, 11) is -3.47. The van der Waals surface area contributed by atoms with Crippen LogP contribution in [0.25, 0.3) is 11.0 Å². The summed E-state index contributed by atoms with van der Waals surface area (Å²) in [5.41, 5.74) is 1.66. The maximum Gasteiger partial charge on any atom is 0.243 e. The Morgan fingerprint density at radius 3 is 2.56 bits per heavy atom. The molecule has 34 heavy (non-hydrogen) atoms. The molecule has 0 spiro atoms. The van der Waals surface area contributed by atoms with Crippen LogP contribution in [-0.2, 0) is 27.8 Å². The monoisotopic (exact) mass is 486 g/mol. The molecule has 0 bridgehead atoms. The number of carbonyl (C=O) groups excluding carboxylic acids is 1. The lowest BCUT2D eigenvalue weighted by atomic mass is 9.75. The van der Waals surface area contributed by atoms with E-state index in [0.29, 0.717) is 42.3 Å². The fourth-order valence-corrected chi connectivity index (χ4v) is 7.80. The van der Waals surface area contributed by atoms with Crippen LogP contribution < -0.4 is 0 Å². The number of amides is 1. The van der Waals surface area contributed by atoms with Gasteiger partial charge >= 0.3 is 0 Å². The molecule has 1 aromatic heterocycles. The van der Waals surface area contributed by atoms with Gasteiger partial charge in [-0.2, -0.15) is 4.31 Å². The predicted molar refractivity (Wildman–Crippen MR) is 133 cm³/mol. The number of piperidine rings is 1. The molecule has 0 N–H and O–H groups in total. The molecular formula is C26H38N4O3S. The van der Waals surface area contributed by atoms with Crippen molar-refractivity contribution in [3.8, 4) is 0 Å². The van der Waals surface area contributed by atoms with E-state index >= 15 is 0 Å². The summed E-state index contributed by atoms with van der Waals surface area (Å²) in [6.45, 7) is 5.94. The van der Waals surface area contributed by atoms with Gasteiger partial charge in [0.05, 0.1) is 15.9 Å². The number of nitrogens with zero attached hydrogens (tertiary/aromatic N) is 4. The molecule has 2 aromatic rings. The Hall–Kier alpha value is -1.93. The third-order valence-electron chi connectivity index (χ3n) is 8.16. The van der Waals surface area contributed by atoms with Crippen LogP contribution in [0.5, 0.6) is 0 Å². The number of rotatable bonds is 7. The molecule has 2 aliphatic heterocycles. The summed E-state index contributed by atoms with van der Waals surface area (Å²) >= 11 is 0. The number of carbonyl (C=O) groups is 1. The molecule has 3 heterocycles. The summed E-state index contributed by atoms with van der Waals surface area (Å²) in [6.07, 6.45) is 10.3. The number of imidazole rings is 1. The Bertz CT molecular complexity index is 1140. The summed E-state index contributed by atoms with van der Waals surface area (Å²) in [6, 6.07) is 5.32. The number of sulfonamides is 1. The highest BCUT2D eigenvalue weighted by Crippen LogP contribution is 2.36. The van der Waals surface area contributed by atoms with Crippen LogP contribution in [0.15, 0.2) is 23.1 Å². The van der Waals surface area contributed by atoms with Gasteiger partial charge in [0.15, 0.2) is 0 Å². The van der Waals surface area contributed by atoms with Gasteiger partial charge in [-0.05, 0) is 62.1 Å². The van der Waals surface area contributed by atoms with E-state index < -0.39 is 10.0 Å². The lowest BCUT2D eigenvalue weighted by molar-refractivity contribution is -0.134. The number of benzene rings is 1. The largest absolute Gasteiger partial charge is 0.342 e. The van der Waals surface area contributed by atoms with Crippen molar-refractivity contribution < 1.29 is 13.2 Å². The number of fused-ring (bicyclic) bond motifs is 2. The van der Waals surface area contributed by atoms with Crippen molar-refractivity contribution in [3.63, 3.8) is 0 Å². The lowest BCUT2D eigenvalue weighted by Crippen LogP contribution is -2.44. The molecule has 2 unspecified atom stereocenters. The number of likely N-dealkylation sites (tertiary alicyclic amines) is 1. The standard InChI is InChI=1S/C26H38N4O3S/c1-2-14-30-24-10-9-22(34(32,33)29-15-5-6-16-29)18-23(24)27-25(30)11-12-26(31)28-17-13-20-7-3-4-8-21(20)19-28/h9-10,18,20-21H,2-8,11-17,19H2,1H3. The topological polar surface area (TPSA) is 75.5 Å². The summed E-state index contributed by atoms with van der Waals surface area (Å²) in [5, 5.41) is 0. The first-order chi connectivity index (χ1) is 16.5. The zero-order chi connectivity index (χ0) is 23.7. The molecule has 1 aliphatic carbocycles. The summed E-state index contributed by atoms with van der Waals surface area (Å²) in [5.74, 6) is 2.62. The minimum Gasteiger partial charge on any atom is -0.342 e. The second-order valence-corrected chi connectivity index (χ2v) is 12.3. The quantitative estimate of drug-likeness (QED) is 0.588. The van der Waals surface area contributed by atoms with E-state index in [4.69, 9.17) is 4.98 Å². The van der Waals surface area contributed by atoms with Crippen molar-refractivity contribution in [2.45, 2.75) is 82.6 Å². The predicted octanol–water partition coefficient (Wildman–Crippen LogP) is 4.20. The van der Waals surface area contributed by atoms with E-state index in [1.807, 2.05) is 6.07 Å². The minimum absolute atomic E-state index is 0.233. The zero-order valence-electron chi connectivity index (χ0n) is 20.4. The highest BCUT2D eigenvalue weighted by molar-refractivity contribution is 7.89. The van der Waals surface area contributed by atoms with Crippen molar-refractivity contribution >= 4 is 27.0 Å². The van der Waals surface area contributed by atoms with Crippen molar-refractivity contribution in [2.75, 3.05) is 26.2 Å². The van der Waals surface area contributed by atoms with Crippen molar-refractivity contribution in [1.29, 1.82) is 0 Å². The van der Waals surface area contributed by atoms with Gasteiger partial charge < -0.3 is 9.47 Å². The summed E-state index contributed by atoms with van der Waals surface area (Å²) < 4.78 is 29.8. The Morgan fingerprint density at radius 1 is 1.03 bits per heavy atom. The maximum atomic E-state index is 13.1. The van der Waals surface area contributed by atoms with Gasteiger partial charge in [-0.3, -0.25) is 4.79 Å². The first kappa shape index (κ1) is 23.8. The van der Waals surface area contributed by atoms with E-state index in [0.717, 1.165) is 62.6 Å². The SMILES string of the molecule is CCCn1c(CCC(=O)N2CCC3CCCCC3C2)nc2cc(S(=O)(=O)N3CCCC3)ccc21. The molecule has 8 heteroatoms. The van der Waals surface area contributed by atoms with Crippen LogP contribution in [0.2, 0.25) is 0 Å². The first-order valence-corrected chi connectivity index (χ1v) is 14.7. The maximum absolute atomic E-state index is 13.1. The van der Waals surface area contributed by atoms with E-state index in [1.54, 1.807) is 16.4 Å². The van der Waals surface area contributed by atoms with E-state index in [9.17, 15) is 13.2 Å². The fraction of sp³-hybridized carbons (Fsp3) is 0.692. The molecule has 1 saturated carbocycles. The Balaban J connectivity index is 1.32. The molecule has 7 nitrogen and oxygen atoms in total. The van der Waals surface area contributed by atoms with Crippen LogP contribution in [0, 0.1) is 11.8 Å². The van der Waals surface area contributed by atoms with Crippen LogP contribution in [-0.4, -0.2) is 59.3 Å². The first-order valence-electron chi connectivity index (χ1n) is 13.2. The highest BCUT2D eigenvalue weighted by atomic mass is 32.2. The van der Waals surface area contributed by atoms with Gasteiger partial charge in [0.25, 0.3) is 0 Å². The van der Waals surface area contributed by atoms with Gasteiger partial charge in [0, 0.05) is 45.6 Å². The van der Waals surface area contributed by atoms with E-state index in [2.05, 4.69) is 16.4 Å². The van der Waals surface area contributed by atoms with Crippen LogP contribution in [0.1, 0.15) is 70.5 Å².